The van der Waals surface area contributed by atoms with Gasteiger partial charge in [0.25, 0.3) is 5.91 Å². The molecule has 0 saturated carbocycles. The van der Waals surface area contributed by atoms with E-state index in [1.807, 2.05) is 53.4 Å². The molecular formula is C20H19N3O3. The van der Waals surface area contributed by atoms with Crippen LogP contribution >= 0.6 is 0 Å². The van der Waals surface area contributed by atoms with E-state index in [0.717, 1.165) is 16.7 Å². The second-order valence-electron chi connectivity index (χ2n) is 6.29. The van der Waals surface area contributed by atoms with Crippen LogP contribution < -0.4 is 10.2 Å². The molecule has 1 aliphatic heterocycles. The largest absolute Gasteiger partial charge is 0.457 e. The number of amides is 2. The zero-order valence-corrected chi connectivity index (χ0v) is 14.6. The quantitative estimate of drug-likeness (QED) is 0.790. The Bertz CT molecular complexity index is 962. The van der Waals surface area contributed by atoms with Gasteiger partial charge in [0, 0.05) is 19.5 Å². The van der Waals surface area contributed by atoms with Crippen molar-refractivity contribution >= 4 is 28.5 Å². The summed E-state index contributed by atoms with van der Waals surface area (Å²) in [6, 6.07) is 16.9. The number of anilines is 1. The minimum Gasteiger partial charge on any atom is -0.457 e. The van der Waals surface area contributed by atoms with E-state index in [1.165, 1.54) is 0 Å². The second kappa shape index (κ2) is 6.22. The predicted molar refractivity (Wildman–Crippen MR) is 98.9 cm³/mol. The van der Waals surface area contributed by atoms with E-state index >= 15 is 0 Å². The van der Waals surface area contributed by atoms with Crippen molar-refractivity contribution in [3.8, 4) is 0 Å². The lowest BCUT2D eigenvalue weighted by molar-refractivity contribution is -0.119. The molecule has 1 aliphatic rings. The molecule has 132 valence electrons. The van der Waals surface area contributed by atoms with Crippen molar-refractivity contribution in [2.45, 2.75) is 6.17 Å². The summed E-state index contributed by atoms with van der Waals surface area (Å²) in [6.07, 6.45) is -0.498. The maximum absolute atomic E-state index is 12.9. The van der Waals surface area contributed by atoms with Crippen LogP contribution in [-0.4, -0.2) is 37.4 Å². The summed E-state index contributed by atoms with van der Waals surface area (Å²) in [7, 11) is 3.33. The molecule has 2 amide bonds. The first-order chi connectivity index (χ1) is 12.6. The summed E-state index contributed by atoms with van der Waals surface area (Å²) in [4.78, 5) is 28.5. The molecule has 0 unspecified atom stereocenters. The van der Waals surface area contributed by atoms with Gasteiger partial charge in [-0.25, -0.2) is 0 Å². The predicted octanol–water partition coefficient (Wildman–Crippen LogP) is 2.77. The van der Waals surface area contributed by atoms with Crippen LogP contribution in [0.3, 0.4) is 0 Å². The molecule has 0 spiro atoms. The van der Waals surface area contributed by atoms with E-state index in [2.05, 4.69) is 5.32 Å². The van der Waals surface area contributed by atoms with Crippen molar-refractivity contribution < 1.29 is 14.0 Å². The van der Waals surface area contributed by atoms with Crippen LogP contribution in [0.4, 0.5) is 5.69 Å². The lowest BCUT2D eigenvalue weighted by Gasteiger charge is -2.42. The van der Waals surface area contributed by atoms with Crippen LogP contribution in [-0.2, 0) is 4.79 Å². The molecule has 3 aromatic rings. The third-order valence-corrected chi connectivity index (χ3v) is 4.72. The molecule has 0 bridgehead atoms. The minimum absolute atomic E-state index is 0.0980. The number of hydrogen-bond acceptors (Lipinski definition) is 4. The molecule has 6 nitrogen and oxygen atoms in total. The van der Waals surface area contributed by atoms with Crippen molar-refractivity contribution in [3.63, 3.8) is 0 Å². The number of likely N-dealkylation sites (N-methyl/N-ethyl adjacent to an activating group) is 1. The summed E-state index contributed by atoms with van der Waals surface area (Å²) < 4.78 is 6.02. The third kappa shape index (κ3) is 2.50. The van der Waals surface area contributed by atoms with Gasteiger partial charge in [0.15, 0.2) is 6.17 Å². The van der Waals surface area contributed by atoms with Gasteiger partial charge in [0.1, 0.15) is 11.3 Å². The lowest BCUT2D eigenvalue weighted by atomic mass is 10.0. The van der Waals surface area contributed by atoms with Gasteiger partial charge in [0.2, 0.25) is 5.91 Å². The Balaban J connectivity index is 1.87. The van der Waals surface area contributed by atoms with Crippen LogP contribution in [0.25, 0.3) is 11.0 Å². The standard InChI is InChI=1S/C20H19N3O3/c1-21-18(24)12-23-15-9-5-4-8-14(15)20(25)22(2)19(23)17-11-13-7-3-6-10-16(13)26-17/h3-11,19H,12H2,1-2H3,(H,21,24)/t19-/m1/s1. The fourth-order valence-corrected chi connectivity index (χ4v) is 3.43. The first-order valence-corrected chi connectivity index (χ1v) is 8.42. The molecule has 1 N–H and O–H groups in total. The number of hydrogen-bond donors (Lipinski definition) is 1. The third-order valence-electron chi connectivity index (χ3n) is 4.72. The maximum atomic E-state index is 12.9. The molecule has 26 heavy (non-hydrogen) atoms. The maximum Gasteiger partial charge on any atom is 0.257 e. The Morgan fingerprint density at radius 3 is 2.65 bits per heavy atom. The van der Waals surface area contributed by atoms with Crippen LogP contribution in [0.2, 0.25) is 0 Å². The summed E-state index contributed by atoms with van der Waals surface area (Å²) in [5.74, 6) is 0.392. The zero-order valence-electron chi connectivity index (χ0n) is 14.6. The normalized spacial score (nSPS) is 16.7. The number of nitrogens with one attached hydrogen (secondary N) is 1. The Kier molecular flexibility index (Phi) is 3.88. The topological polar surface area (TPSA) is 65.8 Å². The van der Waals surface area contributed by atoms with Gasteiger partial charge in [-0.15, -0.1) is 0 Å². The highest BCUT2D eigenvalue weighted by Crippen LogP contribution is 2.39. The first-order valence-electron chi connectivity index (χ1n) is 8.42. The van der Waals surface area contributed by atoms with Gasteiger partial charge in [-0.2, -0.15) is 0 Å². The molecule has 0 saturated heterocycles. The fourth-order valence-electron chi connectivity index (χ4n) is 3.43. The van der Waals surface area contributed by atoms with E-state index in [-0.39, 0.29) is 18.4 Å². The Labute approximate surface area is 151 Å². The van der Waals surface area contributed by atoms with Crippen molar-refractivity contribution in [2.75, 3.05) is 25.5 Å². The van der Waals surface area contributed by atoms with Gasteiger partial charge in [-0.05, 0) is 24.3 Å². The van der Waals surface area contributed by atoms with Crippen LogP contribution in [0.5, 0.6) is 0 Å². The van der Waals surface area contributed by atoms with Crippen LogP contribution in [0.1, 0.15) is 22.3 Å². The fraction of sp³-hybridized carbons (Fsp3) is 0.200. The van der Waals surface area contributed by atoms with Gasteiger partial charge < -0.3 is 19.5 Å². The highest BCUT2D eigenvalue weighted by atomic mass is 16.3. The average Bonchev–Trinajstić information content (AvgIpc) is 3.09. The number of para-hydroxylation sites is 2. The Morgan fingerprint density at radius 1 is 1.15 bits per heavy atom. The van der Waals surface area contributed by atoms with Crippen LogP contribution in [0, 0.1) is 0 Å². The molecule has 2 aromatic carbocycles. The first kappa shape index (κ1) is 16.2. The lowest BCUT2D eigenvalue weighted by Crippen LogP contribution is -2.50. The molecular weight excluding hydrogens is 330 g/mol. The number of benzene rings is 2. The van der Waals surface area contributed by atoms with E-state index in [9.17, 15) is 9.59 Å². The smallest absolute Gasteiger partial charge is 0.257 e. The number of carbonyl (C=O) groups excluding carboxylic acids is 2. The molecule has 4 rings (SSSR count). The summed E-state index contributed by atoms with van der Waals surface area (Å²) >= 11 is 0. The summed E-state index contributed by atoms with van der Waals surface area (Å²) in [6.45, 7) is 0.118. The number of furan rings is 1. The van der Waals surface area contributed by atoms with E-state index < -0.39 is 6.17 Å². The molecule has 1 aromatic heterocycles. The highest BCUT2D eigenvalue weighted by Gasteiger charge is 2.38. The number of nitrogens with zero attached hydrogens (tertiary/aromatic N) is 2. The van der Waals surface area contributed by atoms with E-state index in [0.29, 0.717) is 11.3 Å². The number of rotatable bonds is 3. The van der Waals surface area contributed by atoms with Crippen molar-refractivity contribution in [1.29, 1.82) is 0 Å². The van der Waals surface area contributed by atoms with Gasteiger partial charge in [-0.1, -0.05) is 30.3 Å². The number of fused-ring (bicyclic) bond motifs is 2. The van der Waals surface area contributed by atoms with Crippen molar-refractivity contribution in [1.82, 2.24) is 10.2 Å². The van der Waals surface area contributed by atoms with Crippen LogP contribution in [0.15, 0.2) is 59.0 Å². The molecule has 1 atom stereocenters. The second-order valence-corrected chi connectivity index (χ2v) is 6.29. The summed E-state index contributed by atoms with van der Waals surface area (Å²) in [5, 5.41) is 3.61. The zero-order chi connectivity index (χ0) is 18.3. The molecule has 2 heterocycles. The Morgan fingerprint density at radius 2 is 1.88 bits per heavy atom. The average molecular weight is 349 g/mol. The van der Waals surface area contributed by atoms with Gasteiger partial charge in [-0.3, -0.25) is 9.59 Å². The van der Waals surface area contributed by atoms with Gasteiger partial charge in [0.05, 0.1) is 17.8 Å². The molecule has 6 heteroatoms. The SMILES string of the molecule is CNC(=O)CN1c2ccccc2C(=O)N(C)[C@H]1c1cc2ccccc2o1. The summed E-state index contributed by atoms with van der Waals surface area (Å²) in [5.41, 5.74) is 2.05. The highest BCUT2D eigenvalue weighted by molar-refractivity contribution is 6.02. The van der Waals surface area contributed by atoms with Gasteiger partial charge >= 0.3 is 0 Å². The molecule has 0 aliphatic carbocycles. The monoisotopic (exact) mass is 349 g/mol. The Hall–Kier alpha value is -3.28. The van der Waals surface area contributed by atoms with E-state index in [1.54, 1.807) is 25.1 Å². The van der Waals surface area contributed by atoms with E-state index in [4.69, 9.17) is 4.42 Å². The molecule has 0 fully saturated rings. The molecule has 0 radical (unpaired) electrons. The van der Waals surface area contributed by atoms with Crippen molar-refractivity contribution in [2.24, 2.45) is 0 Å². The van der Waals surface area contributed by atoms with Crippen molar-refractivity contribution in [3.05, 3.63) is 65.9 Å². The minimum atomic E-state index is -0.498. The number of carbonyl (C=O) groups is 2.